The van der Waals surface area contributed by atoms with Crippen LogP contribution in [-0.4, -0.2) is 67.6 Å². The van der Waals surface area contributed by atoms with Crippen molar-refractivity contribution in [1.82, 2.24) is 14.8 Å². The Balaban J connectivity index is 1.53. The van der Waals surface area contributed by atoms with E-state index in [-0.39, 0.29) is 5.91 Å². The van der Waals surface area contributed by atoms with Crippen molar-refractivity contribution in [3.63, 3.8) is 0 Å². The molecule has 1 aromatic heterocycles. The van der Waals surface area contributed by atoms with E-state index in [1.165, 1.54) is 5.56 Å². The zero-order valence-corrected chi connectivity index (χ0v) is 17.6. The molecule has 1 amide bonds. The van der Waals surface area contributed by atoms with Gasteiger partial charge < -0.3 is 19.3 Å². The molecule has 0 saturated carbocycles. The SMILES string of the molecule is COc1ccc(CCN(C)C2CCCN(C(=O)Cc3cccnc3)C2)cc1OC. The second-order valence-corrected chi connectivity index (χ2v) is 7.59. The topological polar surface area (TPSA) is 54.9 Å². The Labute approximate surface area is 173 Å². The number of hydrogen-bond donors (Lipinski definition) is 0. The van der Waals surface area contributed by atoms with Crippen LogP contribution in [0.4, 0.5) is 0 Å². The lowest BCUT2D eigenvalue weighted by atomic mass is 10.0. The highest BCUT2D eigenvalue weighted by atomic mass is 16.5. The van der Waals surface area contributed by atoms with Gasteiger partial charge in [-0.2, -0.15) is 0 Å². The number of likely N-dealkylation sites (N-methyl/N-ethyl adjacent to an activating group) is 1. The Hall–Kier alpha value is -2.60. The summed E-state index contributed by atoms with van der Waals surface area (Å²) in [6.45, 7) is 2.57. The van der Waals surface area contributed by atoms with Gasteiger partial charge in [0.25, 0.3) is 0 Å². The molecule has 0 N–H and O–H groups in total. The molecule has 0 spiro atoms. The van der Waals surface area contributed by atoms with E-state index in [9.17, 15) is 4.79 Å². The van der Waals surface area contributed by atoms with E-state index in [4.69, 9.17) is 9.47 Å². The minimum absolute atomic E-state index is 0.191. The lowest BCUT2D eigenvalue weighted by molar-refractivity contribution is -0.132. The molecule has 6 heteroatoms. The maximum absolute atomic E-state index is 12.7. The lowest BCUT2D eigenvalue weighted by Crippen LogP contribution is -2.49. The monoisotopic (exact) mass is 397 g/mol. The number of piperidine rings is 1. The van der Waals surface area contributed by atoms with Gasteiger partial charge in [-0.05, 0) is 55.6 Å². The lowest BCUT2D eigenvalue weighted by Gasteiger charge is -2.37. The molecular weight excluding hydrogens is 366 g/mol. The van der Waals surface area contributed by atoms with E-state index in [0.29, 0.717) is 12.5 Å². The molecule has 1 aromatic carbocycles. The maximum atomic E-state index is 12.7. The third-order valence-electron chi connectivity index (χ3n) is 5.65. The summed E-state index contributed by atoms with van der Waals surface area (Å²) in [6, 6.07) is 10.3. The Morgan fingerprint density at radius 1 is 1.21 bits per heavy atom. The molecule has 0 aliphatic carbocycles. The average Bonchev–Trinajstić information content (AvgIpc) is 2.78. The van der Waals surface area contributed by atoms with Gasteiger partial charge in [-0.15, -0.1) is 0 Å². The standard InChI is InChI=1S/C23H31N3O3/c1-25(13-10-18-8-9-21(28-2)22(14-18)29-3)20-7-5-12-26(17-20)23(27)15-19-6-4-11-24-16-19/h4,6,8-9,11,14,16,20H,5,7,10,12-13,15,17H2,1-3H3. The molecule has 29 heavy (non-hydrogen) atoms. The summed E-state index contributed by atoms with van der Waals surface area (Å²) in [6.07, 6.45) is 7.03. The van der Waals surface area contributed by atoms with Crippen molar-refractivity contribution >= 4 is 5.91 Å². The number of likely N-dealkylation sites (tertiary alicyclic amines) is 1. The molecule has 2 aromatic rings. The molecule has 0 bridgehead atoms. The molecular formula is C23H31N3O3. The van der Waals surface area contributed by atoms with Gasteiger partial charge in [0.15, 0.2) is 11.5 Å². The number of amides is 1. The van der Waals surface area contributed by atoms with Gasteiger partial charge in [0.1, 0.15) is 0 Å². The van der Waals surface area contributed by atoms with Gasteiger partial charge in [0.2, 0.25) is 5.91 Å². The number of aromatic nitrogens is 1. The molecule has 1 aliphatic heterocycles. The van der Waals surface area contributed by atoms with Gasteiger partial charge in [0, 0.05) is 38.1 Å². The van der Waals surface area contributed by atoms with Crippen LogP contribution in [0.2, 0.25) is 0 Å². The number of pyridine rings is 1. The largest absolute Gasteiger partial charge is 0.493 e. The van der Waals surface area contributed by atoms with Gasteiger partial charge >= 0.3 is 0 Å². The van der Waals surface area contributed by atoms with Crippen LogP contribution in [-0.2, 0) is 17.6 Å². The van der Waals surface area contributed by atoms with Crippen molar-refractivity contribution in [2.45, 2.75) is 31.7 Å². The summed E-state index contributed by atoms with van der Waals surface area (Å²) in [5.41, 5.74) is 2.19. The van der Waals surface area contributed by atoms with Gasteiger partial charge in [-0.1, -0.05) is 12.1 Å². The molecule has 0 radical (unpaired) electrons. The zero-order valence-electron chi connectivity index (χ0n) is 17.6. The summed E-state index contributed by atoms with van der Waals surface area (Å²) in [5.74, 6) is 1.70. The third-order valence-corrected chi connectivity index (χ3v) is 5.65. The number of carbonyl (C=O) groups is 1. The number of ether oxygens (including phenoxy) is 2. The number of hydrogen-bond acceptors (Lipinski definition) is 5. The van der Waals surface area contributed by atoms with E-state index < -0.39 is 0 Å². The first kappa shape index (κ1) is 21.1. The minimum atomic E-state index is 0.191. The summed E-state index contributed by atoms with van der Waals surface area (Å²) in [7, 11) is 5.46. The number of carbonyl (C=O) groups excluding carboxylic acids is 1. The van der Waals surface area contributed by atoms with Gasteiger partial charge in [0.05, 0.1) is 20.6 Å². The molecule has 1 aliphatic rings. The number of nitrogens with zero attached hydrogens (tertiary/aromatic N) is 3. The molecule has 1 unspecified atom stereocenters. The fourth-order valence-corrected chi connectivity index (χ4v) is 3.85. The highest BCUT2D eigenvalue weighted by Gasteiger charge is 2.26. The second kappa shape index (κ2) is 10.3. The van der Waals surface area contributed by atoms with Gasteiger partial charge in [-0.3, -0.25) is 9.78 Å². The summed E-state index contributed by atoms with van der Waals surface area (Å²) >= 11 is 0. The predicted octanol–water partition coefficient (Wildman–Crippen LogP) is 2.81. The van der Waals surface area contributed by atoms with Crippen molar-refractivity contribution in [3.05, 3.63) is 53.9 Å². The van der Waals surface area contributed by atoms with Crippen molar-refractivity contribution in [3.8, 4) is 11.5 Å². The Kier molecular flexibility index (Phi) is 7.47. The van der Waals surface area contributed by atoms with Crippen LogP contribution in [0, 0.1) is 0 Å². The van der Waals surface area contributed by atoms with E-state index in [1.807, 2.05) is 29.2 Å². The van der Waals surface area contributed by atoms with Crippen LogP contribution >= 0.6 is 0 Å². The van der Waals surface area contributed by atoms with Crippen LogP contribution in [0.15, 0.2) is 42.7 Å². The van der Waals surface area contributed by atoms with Crippen LogP contribution in [0.5, 0.6) is 11.5 Å². The molecule has 1 atom stereocenters. The predicted molar refractivity (Wildman–Crippen MR) is 113 cm³/mol. The van der Waals surface area contributed by atoms with Crippen molar-refractivity contribution < 1.29 is 14.3 Å². The van der Waals surface area contributed by atoms with Crippen molar-refractivity contribution in [1.29, 1.82) is 0 Å². The van der Waals surface area contributed by atoms with Crippen molar-refractivity contribution in [2.24, 2.45) is 0 Å². The van der Waals surface area contributed by atoms with Gasteiger partial charge in [-0.25, -0.2) is 0 Å². The zero-order chi connectivity index (χ0) is 20.6. The first-order valence-electron chi connectivity index (χ1n) is 10.2. The molecule has 3 rings (SSSR count). The Morgan fingerprint density at radius 2 is 2.03 bits per heavy atom. The summed E-state index contributed by atoms with van der Waals surface area (Å²) < 4.78 is 10.7. The first-order valence-corrected chi connectivity index (χ1v) is 10.2. The van der Waals surface area contributed by atoms with E-state index in [1.54, 1.807) is 26.6 Å². The molecule has 1 fully saturated rings. The third kappa shape index (κ3) is 5.70. The summed E-state index contributed by atoms with van der Waals surface area (Å²) in [5, 5.41) is 0. The highest BCUT2D eigenvalue weighted by Crippen LogP contribution is 2.28. The van der Waals surface area contributed by atoms with Crippen LogP contribution in [0.1, 0.15) is 24.0 Å². The fourth-order valence-electron chi connectivity index (χ4n) is 3.85. The van der Waals surface area contributed by atoms with E-state index >= 15 is 0 Å². The highest BCUT2D eigenvalue weighted by molar-refractivity contribution is 5.78. The number of rotatable bonds is 8. The van der Waals surface area contributed by atoms with Crippen LogP contribution < -0.4 is 9.47 Å². The molecule has 156 valence electrons. The smallest absolute Gasteiger partial charge is 0.227 e. The van der Waals surface area contributed by atoms with E-state index in [2.05, 4.69) is 23.0 Å². The van der Waals surface area contributed by atoms with Crippen LogP contribution in [0.25, 0.3) is 0 Å². The average molecular weight is 398 g/mol. The fraction of sp³-hybridized carbons (Fsp3) is 0.478. The Bertz CT molecular complexity index is 797. The normalized spacial score (nSPS) is 16.7. The van der Waals surface area contributed by atoms with E-state index in [0.717, 1.165) is 56.0 Å². The van der Waals surface area contributed by atoms with Crippen molar-refractivity contribution in [2.75, 3.05) is 40.9 Å². The first-order chi connectivity index (χ1) is 14.1. The maximum Gasteiger partial charge on any atom is 0.227 e. The number of benzene rings is 1. The second-order valence-electron chi connectivity index (χ2n) is 7.59. The molecule has 1 saturated heterocycles. The minimum Gasteiger partial charge on any atom is -0.493 e. The molecule has 2 heterocycles. The van der Waals surface area contributed by atoms with Crippen LogP contribution in [0.3, 0.4) is 0 Å². The number of methoxy groups -OCH3 is 2. The Morgan fingerprint density at radius 3 is 2.76 bits per heavy atom. The quantitative estimate of drug-likeness (QED) is 0.686. The molecule has 6 nitrogen and oxygen atoms in total. The summed E-state index contributed by atoms with van der Waals surface area (Å²) in [4.78, 5) is 21.2.